The predicted octanol–water partition coefficient (Wildman–Crippen LogP) is 2.75. The highest BCUT2D eigenvalue weighted by Gasteiger charge is 2.34. The minimum Gasteiger partial charge on any atom is -0.545 e. The number of thiazole rings is 1. The summed E-state index contributed by atoms with van der Waals surface area (Å²) in [5.41, 5.74) is 2.67. The van der Waals surface area contributed by atoms with Gasteiger partial charge in [0.25, 0.3) is 5.56 Å². The number of benzene rings is 3. The van der Waals surface area contributed by atoms with E-state index in [9.17, 15) is 19.5 Å². The van der Waals surface area contributed by atoms with Crippen LogP contribution >= 0.6 is 11.3 Å². The number of methoxy groups -OCH3 is 1. The third-order valence-corrected chi connectivity index (χ3v) is 7.68. The molecule has 3 aromatic carbocycles. The van der Waals surface area contributed by atoms with Gasteiger partial charge >= 0.3 is 5.97 Å². The first-order valence-corrected chi connectivity index (χ1v) is 14.0. The molecule has 1 aliphatic rings. The summed E-state index contributed by atoms with van der Waals surface area (Å²) in [4.78, 5) is 43.1. The number of hydrogen-bond donors (Lipinski definition) is 0. The molecular weight excluding hydrogens is 556 g/mol. The van der Waals surface area contributed by atoms with Crippen molar-refractivity contribution in [3.8, 4) is 11.5 Å². The molecule has 5 rings (SSSR count). The Labute approximate surface area is 245 Å². The summed E-state index contributed by atoms with van der Waals surface area (Å²) in [6.07, 6.45) is 1.76. The SMILES string of the molecule is CCOC(=O)C1=C(C)N=c2sc(=Cc3ccc(OCc4cccc(C(=O)[O-])c4)cc3)c(=O)n2[C@H]1c1ccccc1OC. The molecule has 1 aromatic heterocycles. The van der Waals surface area contributed by atoms with Crippen molar-refractivity contribution in [1.29, 1.82) is 0 Å². The van der Waals surface area contributed by atoms with Crippen molar-refractivity contribution in [1.82, 2.24) is 4.57 Å². The van der Waals surface area contributed by atoms with Crippen LogP contribution in [-0.2, 0) is 16.1 Å². The van der Waals surface area contributed by atoms with Crippen molar-refractivity contribution in [3.05, 3.63) is 126 Å². The number of rotatable bonds is 9. The molecule has 0 amide bonds. The number of carboxylic acid groups (broad SMARTS) is 1. The minimum absolute atomic E-state index is 0.0884. The van der Waals surface area contributed by atoms with Crippen LogP contribution in [0.15, 0.2) is 93.9 Å². The molecule has 1 atom stereocenters. The van der Waals surface area contributed by atoms with Gasteiger partial charge in [-0.05, 0) is 60.9 Å². The molecule has 4 aromatic rings. The van der Waals surface area contributed by atoms with E-state index < -0.39 is 18.0 Å². The number of allylic oxidation sites excluding steroid dienone is 1. The average molecular weight is 584 g/mol. The number of carboxylic acids is 1. The Bertz CT molecular complexity index is 1870. The number of carbonyl (C=O) groups excluding carboxylic acids is 2. The maximum Gasteiger partial charge on any atom is 0.338 e. The van der Waals surface area contributed by atoms with Gasteiger partial charge in [-0.1, -0.05) is 59.9 Å². The van der Waals surface area contributed by atoms with Crippen LogP contribution in [0.1, 0.15) is 46.9 Å². The zero-order valence-corrected chi connectivity index (χ0v) is 24.0. The molecule has 1 aliphatic heterocycles. The van der Waals surface area contributed by atoms with Crippen LogP contribution in [0.2, 0.25) is 0 Å². The highest BCUT2D eigenvalue weighted by Crippen LogP contribution is 2.35. The van der Waals surface area contributed by atoms with E-state index in [1.165, 1.54) is 28.0 Å². The van der Waals surface area contributed by atoms with Gasteiger partial charge in [0.2, 0.25) is 0 Å². The van der Waals surface area contributed by atoms with Crippen LogP contribution in [0, 0.1) is 0 Å². The maximum absolute atomic E-state index is 13.8. The first-order valence-electron chi connectivity index (χ1n) is 13.2. The van der Waals surface area contributed by atoms with Gasteiger partial charge in [-0.15, -0.1) is 0 Å². The molecule has 0 saturated heterocycles. The Morgan fingerprint density at radius 3 is 2.55 bits per heavy atom. The zero-order valence-electron chi connectivity index (χ0n) is 23.2. The zero-order chi connectivity index (χ0) is 29.8. The average Bonchev–Trinajstić information content (AvgIpc) is 3.30. The molecule has 214 valence electrons. The second kappa shape index (κ2) is 12.3. The molecule has 0 aliphatic carbocycles. The lowest BCUT2D eigenvalue weighted by molar-refractivity contribution is -0.255. The third kappa shape index (κ3) is 5.75. The molecule has 0 radical (unpaired) electrons. The van der Waals surface area contributed by atoms with Crippen molar-refractivity contribution in [3.63, 3.8) is 0 Å². The lowest BCUT2D eigenvalue weighted by Gasteiger charge is -2.25. The first-order chi connectivity index (χ1) is 20.3. The van der Waals surface area contributed by atoms with E-state index in [0.29, 0.717) is 37.7 Å². The van der Waals surface area contributed by atoms with Gasteiger partial charge in [0.1, 0.15) is 24.1 Å². The summed E-state index contributed by atoms with van der Waals surface area (Å²) in [6.45, 7) is 3.83. The molecule has 9 nitrogen and oxygen atoms in total. The molecule has 42 heavy (non-hydrogen) atoms. The molecule has 0 unspecified atom stereocenters. The predicted molar refractivity (Wildman–Crippen MR) is 155 cm³/mol. The van der Waals surface area contributed by atoms with Gasteiger partial charge in [-0.25, -0.2) is 9.79 Å². The Morgan fingerprint density at radius 1 is 1.07 bits per heavy atom. The number of carbonyl (C=O) groups is 2. The number of esters is 1. The number of aromatic nitrogens is 1. The van der Waals surface area contributed by atoms with Gasteiger partial charge in [0, 0.05) is 5.56 Å². The third-order valence-electron chi connectivity index (χ3n) is 6.70. The molecule has 0 bridgehead atoms. The maximum atomic E-state index is 13.8. The van der Waals surface area contributed by atoms with E-state index >= 15 is 0 Å². The Morgan fingerprint density at radius 2 is 1.83 bits per heavy atom. The van der Waals surface area contributed by atoms with E-state index in [1.54, 1.807) is 57.4 Å². The minimum atomic E-state index is -1.24. The van der Waals surface area contributed by atoms with Crippen molar-refractivity contribution in [2.24, 2.45) is 4.99 Å². The number of aromatic carboxylic acids is 1. The second-order valence-corrected chi connectivity index (χ2v) is 10.4. The fourth-order valence-corrected chi connectivity index (χ4v) is 5.79. The number of fused-ring (bicyclic) bond motifs is 1. The van der Waals surface area contributed by atoms with E-state index in [0.717, 1.165) is 5.56 Å². The topological polar surface area (TPSA) is 119 Å². The lowest BCUT2D eigenvalue weighted by Crippen LogP contribution is -2.40. The van der Waals surface area contributed by atoms with E-state index in [4.69, 9.17) is 14.2 Å². The number of ether oxygens (including phenoxy) is 3. The summed E-state index contributed by atoms with van der Waals surface area (Å²) in [7, 11) is 1.54. The fourth-order valence-electron chi connectivity index (χ4n) is 4.74. The largest absolute Gasteiger partial charge is 0.545 e. The lowest BCUT2D eigenvalue weighted by atomic mass is 9.95. The highest BCUT2D eigenvalue weighted by molar-refractivity contribution is 7.07. The van der Waals surface area contributed by atoms with Gasteiger partial charge in [0.05, 0.1) is 35.5 Å². The molecule has 10 heteroatoms. The summed E-state index contributed by atoms with van der Waals surface area (Å²) in [5.74, 6) is -0.660. The molecule has 0 saturated carbocycles. The van der Waals surface area contributed by atoms with E-state index in [2.05, 4.69) is 4.99 Å². The highest BCUT2D eigenvalue weighted by atomic mass is 32.1. The van der Waals surface area contributed by atoms with Crippen LogP contribution < -0.4 is 29.5 Å². The van der Waals surface area contributed by atoms with Crippen molar-refractivity contribution < 1.29 is 28.9 Å². The van der Waals surface area contributed by atoms with Crippen LogP contribution in [0.3, 0.4) is 0 Å². The summed E-state index contributed by atoms with van der Waals surface area (Å²) < 4.78 is 18.7. The summed E-state index contributed by atoms with van der Waals surface area (Å²) in [6, 6.07) is 20.1. The molecule has 0 fully saturated rings. The van der Waals surface area contributed by atoms with Gasteiger partial charge in [-0.2, -0.15) is 0 Å². The van der Waals surface area contributed by atoms with Crippen LogP contribution in [0.25, 0.3) is 6.08 Å². The Balaban J connectivity index is 1.48. The molecule has 2 heterocycles. The standard InChI is InChI=1S/C32H28N2O7S/c1-4-40-31(38)27-19(2)33-32-34(28(27)24-10-5-6-11-25(24)39-3)29(35)26(42-32)17-20-12-14-23(15-13-20)41-18-21-8-7-9-22(16-21)30(36)37/h5-17,28H,4,18H2,1-3H3,(H,36,37)/p-1/t28-/m0/s1. The number of nitrogens with zero attached hydrogens (tertiary/aromatic N) is 2. The van der Waals surface area contributed by atoms with Gasteiger partial charge in [0.15, 0.2) is 4.80 Å². The molecule has 0 spiro atoms. The quantitative estimate of drug-likeness (QED) is 0.278. The second-order valence-electron chi connectivity index (χ2n) is 9.39. The fraction of sp³-hybridized carbons (Fsp3) is 0.188. The summed E-state index contributed by atoms with van der Waals surface area (Å²) >= 11 is 1.23. The first kappa shape index (κ1) is 28.6. The van der Waals surface area contributed by atoms with Crippen molar-refractivity contribution in [2.75, 3.05) is 13.7 Å². The van der Waals surface area contributed by atoms with Crippen molar-refractivity contribution in [2.45, 2.75) is 26.5 Å². The van der Waals surface area contributed by atoms with Crippen LogP contribution in [0.5, 0.6) is 11.5 Å². The van der Waals surface area contributed by atoms with Crippen LogP contribution in [0.4, 0.5) is 0 Å². The van der Waals surface area contributed by atoms with E-state index in [1.807, 2.05) is 30.3 Å². The molecule has 0 N–H and O–H groups in total. The number of hydrogen-bond acceptors (Lipinski definition) is 9. The normalized spacial score (nSPS) is 14.6. The van der Waals surface area contributed by atoms with Gasteiger partial charge in [-0.3, -0.25) is 9.36 Å². The summed E-state index contributed by atoms with van der Waals surface area (Å²) in [5, 5.41) is 11.1. The van der Waals surface area contributed by atoms with Crippen LogP contribution in [-0.4, -0.2) is 30.2 Å². The monoisotopic (exact) mass is 583 g/mol. The van der Waals surface area contributed by atoms with E-state index in [-0.39, 0.29) is 29.9 Å². The Kier molecular flexibility index (Phi) is 8.35. The smallest absolute Gasteiger partial charge is 0.338 e. The molecular formula is C32H27N2O7S-. The van der Waals surface area contributed by atoms with Crippen molar-refractivity contribution >= 4 is 29.4 Å². The number of para-hydroxylation sites is 1. The van der Waals surface area contributed by atoms with Gasteiger partial charge < -0.3 is 24.1 Å². The Hall–Kier alpha value is -4.96.